The zero-order chi connectivity index (χ0) is 19.2. The molecule has 0 spiro atoms. The Morgan fingerprint density at radius 2 is 1.67 bits per heavy atom. The van der Waals surface area contributed by atoms with E-state index in [2.05, 4.69) is 4.98 Å². The van der Waals surface area contributed by atoms with Gasteiger partial charge < -0.3 is 14.2 Å². The van der Waals surface area contributed by atoms with E-state index in [1.165, 1.54) is 14.2 Å². The van der Waals surface area contributed by atoms with Gasteiger partial charge in [-0.3, -0.25) is 0 Å². The van der Waals surface area contributed by atoms with Gasteiger partial charge in [-0.15, -0.1) is 0 Å². The van der Waals surface area contributed by atoms with E-state index < -0.39 is 11.9 Å². The van der Waals surface area contributed by atoms with Gasteiger partial charge in [-0.05, 0) is 11.6 Å². The summed E-state index contributed by atoms with van der Waals surface area (Å²) in [4.78, 5) is 28.9. The average Bonchev–Trinajstić information content (AvgIpc) is 2.71. The Bertz CT molecular complexity index is 969. The largest absolute Gasteiger partial charge is 0.465 e. The molecule has 0 unspecified atom stereocenters. The summed E-state index contributed by atoms with van der Waals surface area (Å²) in [6.45, 7) is -0.329. The smallest absolute Gasteiger partial charge is 0.340 e. The molecule has 0 aliphatic carbocycles. The van der Waals surface area contributed by atoms with Gasteiger partial charge in [-0.1, -0.05) is 48.5 Å². The van der Waals surface area contributed by atoms with E-state index in [1.807, 2.05) is 54.6 Å². The first-order valence-corrected chi connectivity index (χ1v) is 8.35. The lowest BCUT2D eigenvalue weighted by atomic mass is 9.94. The van der Waals surface area contributed by atoms with Gasteiger partial charge in [0.05, 0.1) is 23.9 Å². The predicted molar refractivity (Wildman–Crippen MR) is 100 cm³/mol. The maximum atomic E-state index is 12.6. The van der Waals surface area contributed by atoms with Crippen molar-refractivity contribution in [1.29, 1.82) is 0 Å². The third-order valence-corrected chi connectivity index (χ3v) is 4.05. The van der Waals surface area contributed by atoms with Crippen molar-refractivity contribution in [2.24, 2.45) is 0 Å². The highest BCUT2D eigenvalue weighted by atomic mass is 16.6. The molecule has 0 aliphatic heterocycles. The van der Waals surface area contributed by atoms with Crippen LogP contribution in [0.25, 0.3) is 22.0 Å². The van der Waals surface area contributed by atoms with Crippen molar-refractivity contribution in [3.8, 4) is 11.1 Å². The Morgan fingerprint density at radius 3 is 2.37 bits per heavy atom. The first-order chi connectivity index (χ1) is 13.2. The van der Waals surface area contributed by atoms with Crippen LogP contribution in [-0.2, 0) is 25.6 Å². The monoisotopic (exact) mass is 365 g/mol. The molecular weight excluding hydrogens is 346 g/mol. The summed E-state index contributed by atoms with van der Waals surface area (Å²) in [5.41, 5.74) is 2.87. The first-order valence-electron chi connectivity index (χ1n) is 8.35. The molecule has 0 bridgehead atoms. The van der Waals surface area contributed by atoms with Crippen LogP contribution in [0.4, 0.5) is 0 Å². The number of methoxy groups -OCH3 is 2. The molecule has 0 aliphatic rings. The topological polar surface area (TPSA) is 74.7 Å². The molecular formula is C21H19NO5. The van der Waals surface area contributed by atoms with Crippen LogP contribution in [-0.4, -0.2) is 37.7 Å². The Balaban J connectivity index is 2.22. The van der Waals surface area contributed by atoms with E-state index >= 15 is 0 Å². The second-order valence-electron chi connectivity index (χ2n) is 5.78. The van der Waals surface area contributed by atoms with Crippen molar-refractivity contribution < 1.29 is 23.8 Å². The van der Waals surface area contributed by atoms with Crippen LogP contribution in [0.1, 0.15) is 16.1 Å². The summed E-state index contributed by atoms with van der Waals surface area (Å²) >= 11 is 0. The maximum Gasteiger partial charge on any atom is 0.340 e. The second kappa shape index (κ2) is 8.42. The number of ether oxygens (including phenoxy) is 3. The number of esters is 2. The molecule has 6 nitrogen and oxygen atoms in total. The number of para-hydroxylation sites is 1. The van der Waals surface area contributed by atoms with Crippen LogP contribution in [0.2, 0.25) is 0 Å². The minimum atomic E-state index is -0.537. The molecule has 1 heterocycles. The van der Waals surface area contributed by atoms with Gasteiger partial charge in [0.2, 0.25) is 0 Å². The molecule has 138 valence electrons. The molecule has 0 fully saturated rings. The summed E-state index contributed by atoms with van der Waals surface area (Å²) in [5, 5.41) is 0.816. The summed E-state index contributed by atoms with van der Waals surface area (Å²) in [6.07, 6.45) is 0. The number of fused-ring (bicyclic) bond motifs is 1. The van der Waals surface area contributed by atoms with E-state index in [0.717, 1.165) is 10.9 Å². The average molecular weight is 365 g/mol. The van der Waals surface area contributed by atoms with Gasteiger partial charge >= 0.3 is 11.9 Å². The molecule has 0 radical (unpaired) electrons. The molecule has 3 rings (SSSR count). The SMILES string of the molecule is COCC(=O)OCc1nc2ccccc2c(-c2ccccc2)c1C(=O)OC. The Morgan fingerprint density at radius 1 is 0.963 bits per heavy atom. The molecule has 6 heteroatoms. The number of hydrogen-bond acceptors (Lipinski definition) is 6. The number of benzene rings is 2. The van der Waals surface area contributed by atoms with E-state index in [4.69, 9.17) is 14.2 Å². The van der Waals surface area contributed by atoms with Gasteiger partial charge in [0, 0.05) is 18.1 Å². The van der Waals surface area contributed by atoms with Crippen molar-refractivity contribution in [3.05, 3.63) is 65.9 Å². The predicted octanol–water partition coefficient (Wildman–Crippen LogP) is 3.38. The highest BCUT2D eigenvalue weighted by Crippen LogP contribution is 2.33. The van der Waals surface area contributed by atoms with Gasteiger partial charge in [-0.25, -0.2) is 14.6 Å². The summed E-state index contributed by atoms with van der Waals surface area (Å²) in [5.74, 6) is -1.07. The normalized spacial score (nSPS) is 10.6. The fourth-order valence-corrected chi connectivity index (χ4v) is 2.90. The molecule has 0 saturated heterocycles. The minimum absolute atomic E-state index is 0.155. The summed E-state index contributed by atoms with van der Waals surface area (Å²) in [6, 6.07) is 17.0. The molecule has 0 saturated carbocycles. The molecule has 0 atom stereocenters. The lowest BCUT2D eigenvalue weighted by molar-refractivity contribution is -0.149. The van der Waals surface area contributed by atoms with Crippen molar-refractivity contribution in [2.45, 2.75) is 6.61 Å². The zero-order valence-electron chi connectivity index (χ0n) is 15.1. The highest BCUT2D eigenvalue weighted by molar-refractivity contribution is 6.07. The van der Waals surface area contributed by atoms with E-state index in [-0.39, 0.29) is 18.8 Å². The number of carbonyl (C=O) groups excluding carboxylic acids is 2. The Hall–Kier alpha value is -3.25. The minimum Gasteiger partial charge on any atom is -0.465 e. The van der Waals surface area contributed by atoms with Crippen molar-refractivity contribution >= 4 is 22.8 Å². The summed E-state index contributed by atoms with van der Waals surface area (Å²) < 4.78 is 15.0. The zero-order valence-corrected chi connectivity index (χ0v) is 15.1. The van der Waals surface area contributed by atoms with Gasteiger partial charge in [-0.2, -0.15) is 0 Å². The number of nitrogens with zero attached hydrogens (tertiary/aromatic N) is 1. The third-order valence-electron chi connectivity index (χ3n) is 4.05. The van der Waals surface area contributed by atoms with E-state index in [0.29, 0.717) is 16.8 Å². The number of rotatable bonds is 6. The van der Waals surface area contributed by atoms with Crippen LogP contribution >= 0.6 is 0 Å². The Labute approximate surface area is 156 Å². The van der Waals surface area contributed by atoms with E-state index in [9.17, 15) is 9.59 Å². The fourth-order valence-electron chi connectivity index (χ4n) is 2.90. The number of carbonyl (C=O) groups is 2. The number of aromatic nitrogens is 1. The Kier molecular flexibility index (Phi) is 5.78. The quantitative estimate of drug-likeness (QED) is 0.624. The van der Waals surface area contributed by atoms with Crippen molar-refractivity contribution in [3.63, 3.8) is 0 Å². The molecule has 3 aromatic rings. The summed E-state index contributed by atoms with van der Waals surface area (Å²) in [7, 11) is 2.72. The lowest BCUT2D eigenvalue weighted by Crippen LogP contribution is -2.15. The molecule has 27 heavy (non-hydrogen) atoms. The van der Waals surface area contributed by atoms with Gasteiger partial charge in [0.15, 0.2) is 0 Å². The van der Waals surface area contributed by atoms with Gasteiger partial charge in [0.25, 0.3) is 0 Å². The third kappa shape index (κ3) is 3.96. The lowest BCUT2D eigenvalue weighted by Gasteiger charge is -2.16. The first kappa shape index (κ1) is 18.5. The highest BCUT2D eigenvalue weighted by Gasteiger charge is 2.23. The molecule has 0 amide bonds. The number of hydrogen-bond donors (Lipinski definition) is 0. The van der Waals surface area contributed by atoms with Crippen molar-refractivity contribution in [1.82, 2.24) is 4.98 Å². The molecule has 2 aromatic carbocycles. The standard InChI is InChI=1S/C21H19NO5/c1-25-13-18(23)27-12-17-20(21(24)26-2)19(14-8-4-3-5-9-14)15-10-6-7-11-16(15)22-17/h3-11H,12-13H2,1-2H3. The van der Waals surface area contributed by atoms with Crippen LogP contribution < -0.4 is 0 Å². The molecule has 0 N–H and O–H groups in total. The fraction of sp³-hybridized carbons (Fsp3) is 0.190. The van der Waals surface area contributed by atoms with Crippen LogP contribution in [0.3, 0.4) is 0 Å². The van der Waals surface area contributed by atoms with Crippen LogP contribution in [0.5, 0.6) is 0 Å². The second-order valence-corrected chi connectivity index (χ2v) is 5.78. The number of pyridine rings is 1. The van der Waals surface area contributed by atoms with Crippen molar-refractivity contribution in [2.75, 3.05) is 20.8 Å². The van der Waals surface area contributed by atoms with E-state index in [1.54, 1.807) is 0 Å². The van der Waals surface area contributed by atoms with Crippen LogP contribution in [0, 0.1) is 0 Å². The maximum absolute atomic E-state index is 12.6. The van der Waals surface area contributed by atoms with Gasteiger partial charge in [0.1, 0.15) is 13.2 Å². The van der Waals surface area contributed by atoms with Crippen LogP contribution in [0.15, 0.2) is 54.6 Å². The molecule has 1 aromatic heterocycles.